The van der Waals surface area contributed by atoms with E-state index in [0.717, 1.165) is 29.7 Å². The molecule has 1 aliphatic rings. The molecule has 1 heterocycles. The Kier molecular flexibility index (Phi) is 4.78. The van der Waals surface area contributed by atoms with Gasteiger partial charge in [-0.25, -0.2) is 0 Å². The molecule has 0 bridgehead atoms. The molecule has 0 radical (unpaired) electrons. The second kappa shape index (κ2) is 7.52. The number of carbonyl (C=O) groups excluding carboxylic acids is 1. The Labute approximate surface area is 154 Å². The largest absolute Gasteiger partial charge is 0.320 e. The number of nitrogens with one attached hydrogen (secondary N) is 1. The zero-order valence-electron chi connectivity index (χ0n) is 14.8. The van der Waals surface area contributed by atoms with Gasteiger partial charge in [-0.05, 0) is 42.9 Å². The molecule has 0 fully saturated rings. The Morgan fingerprint density at radius 3 is 2.46 bits per heavy atom. The molecule has 1 aromatic heterocycles. The van der Waals surface area contributed by atoms with Gasteiger partial charge in [0.1, 0.15) is 0 Å². The molecule has 1 aliphatic carbocycles. The third-order valence-electron chi connectivity index (χ3n) is 4.96. The first-order chi connectivity index (χ1) is 12.8. The van der Waals surface area contributed by atoms with E-state index in [1.54, 1.807) is 0 Å². The molecule has 1 amide bonds. The van der Waals surface area contributed by atoms with Crippen molar-refractivity contribution >= 4 is 11.6 Å². The van der Waals surface area contributed by atoms with Crippen molar-refractivity contribution in [2.45, 2.75) is 32.2 Å². The third-order valence-corrected chi connectivity index (χ3v) is 4.96. The number of hydrogen-bond acceptors (Lipinski definition) is 1. The summed E-state index contributed by atoms with van der Waals surface area (Å²) in [5.41, 5.74) is 5.81. The minimum Gasteiger partial charge on any atom is -0.320 e. The summed E-state index contributed by atoms with van der Waals surface area (Å²) in [7, 11) is 0. The Bertz CT molecular complexity index is 919. The van der Waals surface area contributed by atoms with Gasteiger partial charge in [0.25, 0.3) is 5.91 Å². The van der Waals surface area contributed by atoms with Gasteiger partial charge in [-0.15, -0.1) is 0 Å². The summed E-state index contributed by atoms with van der Waals surface area (Å²) >= 11 is 0. The highest BCUT2D eigenvalue weighted by Crippen LogP contribution is 2.27. The smallest absolute Gasteiger partial charge is 0.290 e. The highest BCUT2D eigenvalue weighted by molar-refractivity contribution is 5.94. The van der Waals surface area contributed by atoms with E-state index in [-0.39, 0.29) is 5.91 Å². The lowest BCUT2D eigenvalue weighted by molar-refractivity contribution is -0.684. The first-order valence-corrected chi connectivity index (χ1v) is 9.25. The van der Waals surface area contributed by atoms with Crippen LogP contribution in [0, 0.1) is 0 Å². The van der Waals surface area contributed by atoms with Crippen LogP contribution in [0.25, 0.3) is 11.1 Å². The second-order valence-corrected chi connectivity index (χ2v) is 6.83. The van der Waals surface area contributed by atoms with Gasteiger partial charge in [0, 0.05) is 22.9 Å². The molecule has 0 saturated carbocycles. The molecule has 26 heavy (non-hydrogen) atoms. The maximum atomic E-state index is 12.6. The van der Waals surface area contributed by atoms with Crippen molar-refractivity contribution in [2.75, 3.05) is 5.32 Å². The van der Waals surface area contributed by atoms with Crippen LogP contribution >= 0.6 is 0 Å². The average molecular weight is 343 g/mol. The predicted octanol–water partition coefficient (Wildman–Crippen LogP) is 4.16. The van der Waals surface area contributed by atoms with Crippen molar-refractivity contribution in [1.29, 1.82) is 0 Å². The van der Waals surface area contributed by atoms with Gasteiger partial charge in [-0.2, -0.15) is 4.57 Å². The zero-order valence-corrected chi connectivity index (χ0v) is 14.8. The van der Waals surface area contributed by atoms with Gasteiger partial charge in [-0.1, -0.05) is 48.5 Å². The van der Waals surface area contributed by atoms with Crippen molar-refractivity contribution in [3.8, 4) is 11.1 Å². The minimum atomic E-state index is -0.00543. The molecule has 3 aromatic rings. The molecule has 1 N–H and O–H groups in total. The van der Waals surface area contributed by atoms with E-state index in [4.69, 9.17) is 0 Å². The van der Waals surface area contributed by atoms with Crippen LogP contribution in [0.4, 0.5) is 5.69 Å². The molecular formula is C23H23N2O+. The fourth-order valence-corrected chi connectivity index (χ4v) is 3.63. The van der Waals surface area contributed by atoms with E-state index < -0.39 is 0 Å². The molecule has 4 rings (SSSR count). The maximum Gasteiger partial charge on any atom is 0.290 e. The maximum absolute atomic E-state index is 12.6. The lowest BCUT2D eigenvalue weighted by atomic mass is 9.93. The predicted molar refractivity (Wildman–Crippen MR) is 104 cm³/mol. The van der Waals surface area contributed by atoms with Gasteiger partial charge in [0.2, 0.25) is 6.54 Å². The fraction of sp³-hybridized carbons (Fsp3) is 0.217. The average Bonchev–Trinajstić information content (AvgIpc) is 2.69. The third kappa shape index (κ3) is 3.67. The zero-order chi connectivity index (χ0) is 17.8. The molecule has 3 heteroatoms. The number of amides is 1. The Hall–Kier alpha value is -2.94. The highest BCUT2D eigenvalue weighted by Gasteiger charge is 2.16. The Morgan fingerprint density at radius 1 is 0.885 bits per heavy atom. The molecule has 3 nitrogen and oxygen atoms in total. The summed E-state index contributed by atoms with van der Waals surface area (Å²) in [4.78, 5) is 12.6. The van der Waals surface area contributed by atoms with Crippen LogP contribution in [-0.4, -0.2) is 5.91 Å². The normalized spacial score (nSPS) is 13.1. The van der Waals surface area contributed by atoms with Crippen LogP contribution in [-0.2, 0) is 24.2 Å². The van der Waals surface area contributed by atoms with Crippen molar-refractivity contribution in [2.24, 2.45) is 0 Å². The van der Waals surface area contributed by atoms with Gasteiger partial charge < -0.3 is 5.32 Å². The second-order valence-electron chi connectivity index (χ2n) is 6.83. The number of para-hydroxylation sites is 1. The number of benzene rings is 2. The van der Waals surface area contributed by atoms with Crippen LogP contribution in [0.5, 0.6) is 0 Å². The summed E-state index contributed by atoms with van der Waals surface area (Å²) < 4.78 is 1.99. The lowest BCUT2D eigenvalue weighted by Crippen LogP contribution is -2.40. The van der Waals surface area contributed by atoms with Crippen LogP contribution in [0.3, 0.4) is 0 Å². The number of nitrogens with zero attached hydrogens (tertiary/aromatic N) is 1. The number of aryl methyl sites for hydroxylation is 2. The summed E-state index contributed by atoms with van der Waals surface area (Å²) in [5, 5.41) is 3.08. The SMILES string of the molecule is O=C(C[n+]1ccc2c(c1)CCCC2)Nc1ccccc1-c1ccccc1. The molecule has 0 aliphatic heterocycles. The summed E-state index contributed by atoms with van der Waals surface area (Å²) in [5.74, 6) is -0.00543. The molecule has 130 valence electrons. The number of fused-ring (bicyclic) bond motifs is 1. The van der Waals surface area contributed by atoms with E-state index in [0.29, 0.717) is 6.54 Å². The summed E-state index contributed by atoms with van der Waals surface area (Å²) in [6.45, 7) is 0.330. The molecular weight excluding hydrogens is 320 g/mol. The monoisotopic (exact) mass is 343 g/mol. The number of anilines is 1. The van der Waals surface area contributed by atoms with Crippen molar-refractivity contribution in [1.82, 2.24) is 0 Å². The topological polar surface area (TPSA) is 33.0 Å². The van der Waals surface area contributed by atoms with Crippen LogP contribution in [0.2, 0.25) is 0 Å². The van der Waals surface area contributed by atoms with Crippen molar-refractivity contribution in [3.05, 3.63) is 84.2 Å². The van der Waals surface area contributed by atoms with Gasteiger partial charge in [0.05, 0.1) is 0 Å². The number of rotatable bonds is 4. The molecule has 0 atom stereocenters. The molecule has 2 aromatic carbocycles. The molecule has 0 saturated heterocycles. The summed E-state index contributed by atoms with van der Waals surface area (Å²) in [6, 6.07) is 20.2. The Balaban J connectivity index is 1.51. The highest BCUT2D eigenvalue weighted by atomic mass is 16.1. The standard InChI is InChI=1S/C23H22N2O/c26-23(17-25-15-14-18-8-4-5-11-20(18)16-25)24-22-13-7-6-12-21(22)19-9-2-1-3-10-19/h1-3,6-7,9-10,12-16H,4-5,8,11,17H2/p+1. The number of carbonyl (C=O) groups is 1. The minimum absolute atomic E-state index is 0.00543. The van der Waals surface area contributed by atoms with E-state index >= 15 is 0 Å². The van der Waals surface area contributed by atoms with Crippen LogP contribution in [0.15, 0.2) is 73.1 Å². The summed E-state index contributed by atoms with van der Waals surface area (Å²) in [6.07, 6.45) is 8.95. The van der Waals surface area contributed by atoms with Gasteiger partial charge in [-0.3, -0.25) is 4.79 Å². The Morgan fingerprint density at radius 2 is 1.62 bits per heavy atom. The number of hydrogen-bond donors (Lipinski definition) is 1. The molecule has 0 spiro atoms. The quantitative estimate of drug-likeness (QED) is 0.709. The lowest BCUT2D eigenvalue weighted by Gasteiger charge is -2.13. The van der Waals surface area contributed by atoms with E-state index in [9.17, 15) is 4.79 Å². The first-order valence-electron chi connectivity index (χ1n) is 9.25. The molecule has 0 unspecified atom stereocenters. The number of pyridine rings is 1. The van der Waals surface area contributed by atoms with Crippen molar-refractivity contribution < 1.29 is 9.36 Å². The van der Waals surface area contributed by atoms with Crippen LogP contribution in [0.1, 0.15) is 24.0 Å². The van der Waals surface area contributed by atoms with E-state index in [2.05, 4.69) is 29.7 Å². The van der Waals surface area contributed by atoms with Crippen molar-refractivity contribution in [3.63, 3.8) is 0 Å². The van der Waals surface area contributed by atoms with Gasteiger partial charge >= 0.3 is 0 Å². The van der Waals surface area contributed by atoms with Gasteiger partial charge in [0.15, 0.2) is 12.4 Å². The van der Waals surface area contributed by atoms with E-state index in [1.807, 2.05) is 53.2 Å². The van der Waals surface area contributed by atoms with Crippen LogP contribution < -0.4 is 9.88 Å². The number of aromatic nitrogens is 1. The fourth-order valence-electron chi connectivity index (χ4n) is 3.63. The first kappa shape index (κ1) is 16.5. The van der Waals surface area contributed by atoms with E-state index in [1.165, 1.54) is 24.0 Å².